The number of aryl methyl sites for hydroxylation is 1. The number of nitrogens with one attached hydrogen (secondary N) is 2. The van der Waals surface area contributed by atoms with E-state index >= 15 is 0 Å². The number of carbonyl (C=O) groups excluding carboxylic acids is 1. The van der Waals surface area contributed by atoms with Crippen LogP contribution in [0.5, 0.6) is 0 Å². The number of amides is 1. The maximum Gasteiger partial charge on any atom is 0.291 e. The lowest BCUT2D eigenvalue weighted by Crippen LogP contribution is -2.17. The normalized spacial score (nSPS) is 11.8. The number of halogens is 1. The average Bonchev–Trinajstić information content (AvgIpc) is 2.86. The lowest BCUT2D eigenvalue weighted by molar-refractivity contribution is 0.0950. The molecule has 2 aromatic rings. The smallest absolute Gasteiger partial charge is 0.282 e. The second-order valence-electron chi connectivity index (χ2n) is 4.08. The van der Waals surface area contributed by atoms with Crippen LogP contribution >= 0.6 is 15.9 Å². The summed E-state index contributed by atoms with van der Waals surface area (Å²) in [7, 11) is 0. The molecule has 0 unspecified atom stereocenters. The Morgan fingerprint density at radius 3 is 2.80 bits per heavy atom. The predicted octanol–water partition coefficient (Wildman–Crippen LogP) is 2.87. The fourth-order valence-electron chi connectivity index (χ4n) is 1.49. The van der Waals surface area contributed by atoms with Gasteiger partial charge in [-0.15, -0.1) is 0 Å². The lowest BCUT2D eigenvalue weighted by Gasteiger charge is -1.95. The molecule has 0 saturated carbocycles. The number of hydrogen-bond acceptors (Lipinski definition) is 3. The Morgan fingerprint density at radius 1 is 1.40 bits per heavy atom. The molecule has 0 atom stereocenters. The minimum absolute atomic E-state index is 0.308. The molecule has 20 heavy (non-hydrogen) atoms. The zero-order valence-corrected chi connectivity index (χ0v) is 12.4. The van der Waals surface area contributed by atoms with Gasteiger partial charge in [-0.2, -0.15) is 10.2 Å². The second-order valence-corrected chi connectivity index (χ2v) is 4.99. The molecular formula is C14H13BrN4O. The number of rotatable bonds is 4. The minimum Gasteiger partial charge on any atom is -0.282 e. The van der Waals surface area contributed by atoms with Crippen LogP contribution in [0.25, 0.3) is 6.08 Å². The summed E-state index contributed by atoms with van der Waals surface area (Å²) in [5, 5.41) is 10.4. The van der Waals surface area contributed by atoms with Crippen molar-refractivity contribution in [2.24, 2.45) is 5.10 Å². The van der Waals surface area contributed by atoms with Crippen molar-refractivity contribution in [1.29, 1.82) is 0 Å². The Hall–Kier alpha value is -2.21. The molecule has 0 spiro atoms. The van der Waals surface area contributed by atoms with Gasteiger partial charge < -0.3 is 0 Å². The molecule has 0 bridgehead atoms. The third-order valence-electron chi connectivity index (χ3n) is 2.40. The standard InChI is InChI=1S/C14H13BrN4O/c1-10-7-13(18-17-10)14(20)19-16-9-12(15)8-11-5-3-2-4-6-11/h2-9H,1H3,(H,17,18)(H,19,20)/b12-8+,16-9+. The minimum atomic E-state index is -0.356. The molecule has 6 heteroatoms. The van der Waals surface area contributed by atoms with E-state index in [1.54, 1.807) is 6.07 Å². The fourth-order valence-corrected chi connectivity index (χ4v) is 1.86. The van der Waals surface area contributed by atoms with E-state index in [1.165, 1.54) is 6.21 Å². The Balaban J connectivity index is 1.93. The van der Waals surface area contributed by atoms with Gasteiger partial charge in [-0.3, -0.25) is 9.89 Å². The number of nitrogens with zero attached hydrogens (tertiary/aromatic N) is 2. The van der Waals surface area contributed by atoms with E-state index in [2.05, 4.69) is 36.7 Å². The molecule has 2 rings (SSSR count). The molecule has 1 aromatic heterocycles. The fraction of sp³-hybridized carbons (Fsp3) is 0.0714. The molecule has 0 aliphatic heterocycles. The van der Waals surface area contributed by atoms with Gasteiger partial charge in [0.25, 0.3) is 5.91 Å². The maximum atomic E-state index is 11.7. The van der Waals surface area contributed by atoms with Crippen molar-refractivity contribution in [3.63, 3.8) is 0 Å². The van der Waals surface area contributed by atoms with Crippen molar-refractivity contribution >= 4 is 34.1 Å². The summed E-state index contributed by atoms with van der Waals surface area (Å²) in [6.45, 7) is 1.83. The van der Waals surface area contributed by atoms with Crippen molar-refractivity contribution in [3.8, 4) is 0 Å². The summed E-state index contributed by atoms with van der Waals surface area (Å²) in [6.07, 6.45) is 3.42. The molecular weight excluding hydrogens is 320 g/mol. The van der Waals surface area contributed by atoms with Crippen LogP contribution in [-0.4, -0.2) is 22.3 Å². The zero-order valence-electron chi connectivity index (χ0n) is 10.8. The van der Waals surface area contributed by atoms with Crippen molar-refractivity contribution in [3.05, 3.63) is 57.8 Å². The van der Waals surface area contributed by atoms with Crippen molar-refractivity contribution in [2.75, 3.05) is 0 Å². The molecule has 0 aliphatic carbocycles. The molecule has 1 amide bonds. The van der Waals surface area contributed by atoms with Crippen LogP contribution in [0.15, 0.2) is 46.0 Å². The number of aromatic nitrogens is 2. The van der Waals surface area contributed by atoms with Crippen LogP contribution in [0.1, 0.15) is 21.7 Å². The first kappa shape index (κ1) is 14.2. The zero-order chi connectivity index (χ0) is 14.4. The second kappa shape index (κ2) is 6.81. The van der Waals surface area contributed by atoms with E-state index in [1.807, 2.05) is 43.3 Å². The van der Waals surface area contributed by atoms with Crippen LogP contribution in [0.2, 0.25) is 0 Å². The van der Waals surface area contributed by atoms with Crippen LogP contribution in [0, 0.1) is 6.92 Å². The molecule has 0 radical (unpaired) electrons. The summed E-state index contributed by atoms with van der Waals surface area (Å²) in [5.74, 6) is -0.356. The van der Waals surface area contributed by atoms with Gasteiger partial charge in [-0.1, -0.05) is 30.3 Å². The summed E-state index contributed by atoms with van der Waals surface area (Å²) in [4.78, 5) is 11.7. The third kappa shape index (κ3) is 4.17. The van der Waals surface area contributed by atoms with E-state index < -0.39 is 0 Å². The summed E-state index contributed by atoms with van der Waals surface area (Å²) in [6, 6.07) is 11.4. The predicted molar refractivity (Wildman–Crippen MR) is 82.6 cm³/mol. The number of hydrogen-bond donors (Lipinski definition) is 2. The van der Waals surface area contributed by atoms with Crippen LogP contribution in [0.4, 0.5) is 0 Å². The molecule has 5 nitrogen and oxygen atoms in total. The summed E-state index contributed by atoms with van der Waals surface area (Å²) < 4.78 is 0.752. The van der Waals surface area contributed by atoms with E-state index in [0.29, 0.717) is 5.69 Å². The summed E-state index contributed by atoms with van der Waals surface area (Å²) >= 11 is 3.36. The molecule has 0 aliphatic rings. The number of aromatic amines is 1. The topological polar surface area (TPSA) is 70.1 Å². The highest BCUT2D eigenvalue weighted by atomic mass is 79.9. The highest BCUT2D eigenvalue weighted by Crippen LogP contribution is 2.09. The molecule has 1 heterocycles. The quantitative estimate of drug-likeness (QED) is 0.667. The Morgan fingerprint density at radius 2 is 2.15 bits per heavy atom. The van der Waals surface area contributed by atoms with Gasteiger partial charge in [-0.25, -0.2) is 5.43 Å². The number of carbonyl (C=O) groups is 1. The lowest BCUT2D eigenvalue weighted by atomic mass is 10.2. The number of hydrazone groups is 1. The van der Waals surface area contributed by atoms with E-state index in [-0.39, 0.29) is 5.91 Å². The Labute approximate surface area is 124 Å². The van der Waals surface area contributed by atoms with Crippen LogP contribution in [0.3, 0.4) is 0 Å². The van der Waals surface area contributed by atoms with E-state index in [9.17, 15) is 4.79 Å². The molecule has 102 valence electrons. The Bertz CT molecular complexity index is 646. The monoisotopic (exact) mass is 332 g/mol. The van der Waals surface area contributed by atoms with Crippen molar-refractivity contribution < 1.29 is 4.79 Å². The largest absolute Gasteiger partial charge is 0.291 e. The SMILES string of the molecule is Cc1cc(C(=O)N/N=C/C(Br)=C\c2ccccc2)n[nH]1. The first-order valence-electron chi connectivity index (χ1n) is 5.93. The maximum absolute atomic E-state index is 11.7. The highest BCUT2D eigenvalue weighted by molar-refractivity contribution is 9.12. The van der Waals surface area contributed by atoms with Crippen molar-refractivity contribution in [1.82, 2.24) is 15.6 Å². The van der Waals surface area contributed by atoms with Crippen LogP contribution in [-0.2, 0) is 0 Å². The summed E-state index contributed by atoms with van der Waals surface area (Å²) in [5.41, 5.74) is 4.58. The molecule has 2 N–H and O–H groups in total. The van der Waals surface area contributed by atoms with Gasteiger partial charge in [0.1, 0.15) is 0 Å². The van der Waals surface area contributed by atoms with Gasteiger partial charge >= 0.3 is 0 Å². The first-order valence-corrected chi connectivity index (χ1v) is 6.72. The number of allylic oxidation sites excluding steroid dienone is 1. The average molecular weight is 333 g/mol. The van der Waals surface area contributed by atoms with Gasteiger partial charge in [0, 0.05) is 10.2 Å². The van der Waals surface area contributed by atoms with Gasteiger partial charge in [0.15, 0.2) is 5.69 Å². The van der Waals surface area contributed by atoms with Gasteiger partial charge in [0.05, 0.1) is 6.21 Å². The first-order chi connectivity index (χ1) is 9.65. The third-order valence-corrected chi connectivity index (χ3v) is 2.83. The molecule has 0 saturated heterocycles. The molecule has 0 fully saturated rings. The van der Waals surface area contributed by atoms with E-state index in [0.717, 1.165) is 15.7 Å². The Kier molecular flexibility index (Phi) is 4.84. The van der Waals surface area contributed by atoms with Gasteiger partial charge in [-0.05, 0) is 40.6 Å². The molecule has 1 aromatic carbocycles. The van der Waals surface area contributed by atoms with Gasteiger partial charge in [0.2, 0.25) is 0 Å². The van der Waals surface area contributed by atoms with Crippen LogP contribution < -0.4 is 5.43 Å². The van der Waals surface area contributed by atoms with Crippen molar-refractivity contribution in [2.45, 2.75) is 6.92 Å². The number of benzene rings is 1. The number of H-pyrrole nitrogens is 1. The van der Waals surface area contributed by atoms with E-state index in [4.69, 9.17) is 0 Å². The highest BCUT2D eigenvalue weighted by Gasteiger charge is 2.07.